The van der Waals surface area contributed by atoms with Gasteiger partial charge in [0, 0.05) is 11.4 Å². The Balaban J connectivity index is 1.91. The highest BCUT2D eigenvalue weighted by Crippen LogP contribution is 2.36. The van der Waals surface area contributed by atoms with Crippen molar-refractivity contribution in [3.05, 3.63) is 39.9 Å². The standard InChI is InChI=1S/C14H11F3N4S/c15-14(16,17)11-2-1-3-12(20-11)21-5-4-8-9(6-18)13(19)22-10(8)7-21/h1-3H,4-5,7,19H2. The molecular formula is C14H11F3N4S. The number of nitrogens with zero attached hydrogens (tertiary/aromatic N) is 3. The van der Waals surface area contributed by atoms with E-state index in [0.717, 1.165) is 16.5 Å². The second kappa shape index (κ2) is 5.18. The minimum atomic E-state index is -4.46. The second-order valence-electron chi connectivity index (χ2n) is 4.91. The van der Waals surface area contributed by atoms with Gasteiger partial charge >= 0.3 is 6.18 Å². The fraction of sp³-hybridized carbons (Fsp3) is 0.286. The van der Waals surface area contributed by atoms with Crippen LogP contribution in [0.1, 0.15) is 21.7 Å². The SMILES string of the molecule is N#Cc1c(N)sc2c1CCN(c1cccc(C(F)(F)F)n1)C2. The summed E-state index contributed by atoms with van der Waals surface area (Å²) in [5.41, 5.74) is 6.31. The molecule has 0 radical (unpaired) electrons. The third-order valence-corrected chi connectivity index (χ3v) is 4.59. The highest BCUT2D eigenvalue weighted by Gasteiger charge is 2.33. The van der Waals surface area contributed by atoms with Crippen LogP contribution in [0.2, 0.25) is 0 Å². The molecule has 8 heteroatoms. The highest BCUT2D eigenvalue weighted by atomic mass is 32.1. The summed E-state index contributed by atoms with van der Waals surface area (Å²) in [6.45, 7) is 0.923. The fourth-order valence-electron chi connectivity index (χ4n) is 2.50. The number of halogens is 3. The molecule has 0 fully saturated rings. The Hall–Kier alpha value is -2.27. The van der Waals surface area contributed by atoms with Gasteiger partial charge in [-0.1, -0.05) is 6.07 Å². The number of nitrogen functional groups attached to an aromatic ring is 1. The lowest BCUT2D eigenvalue weighted by Gasteiger charge is -2.28. The molecule has 0 unspecified atom stereocenters. The maximum absolute atomic E-state index is 12.7. The number of rotatable bonds is 1. The first kappa shape index (κ1) is 14.7. The van der Waals surface area contributed by atoms with Gasteiger partial charge < -0.3 is 10.6 Å². The van der Waals surface area contributed by atoms with Gasteiger partial charge in [-0.2, -0.15) is 18.4 Å². The molecule has 3 rings (SSSR count). The quantitative estimate of drug-likeness (QED) is 0.875. The van der Waals surface area contributed by atoms with Gasteiger partial charge in [0.05, 0.1) is 12.1 Å². The van der Waals surface area contributed by atoms with Crippen molar-refractivity contribution in [3.63, 3.8) is 0 Å². The van der Waals surface area contributed by atoms with Gasteiger partial charge in [0.15, 0.2) is 0 Å². The number of pyridine rings is 1. The molecule has 2 aromatic rings. The third-order valence-electron chi connectivity index (χ3n) is 3.54. The second-order valence-corrected chi connectivity index (χ2v) is 6.04. The van der Waals surface area contributed by atoms with E-state index in [0.29, 0.717) is 30.1 Å². The Kier molecular flexibility index (Phi) is 3.45. The predicted molar refractivity (Wildman–Crippen MR) is 77.4 cm³/mol. The zero-order valence-corrected chi connectivity index (χ0v) is 12.1. The van der Waals surface area contributed by atoms with Crippen LogP contribution in [-0.4, -0.2) is 11.5 Å². The van der Waals surface area contributed by atoms with E-state index in [1.165, 1.54) is 17.4 Å². The summed E-state index contributed by atoms with van der Waals surface area (Å²) in [5, 5.41) is 9.56. The predicted octanol–water partition coefficient (Wildman–Crippen LogP) is 3.18. The van der Waals surface area contributed by atoms with Crippen molar-refractivity contribution in [1.82, 2.24) is 4.98 Å². The number of hydrogen-bond donors (Lipinski definition) is 1. The number of nitrogens with two attached hydrogens (primary N) is 1. The minimum Gasteiger partial charge on any atom is -0.389 e. The Morgan fingerprint density at radius 3 is 2.82 bits per heavy atom. The van der Waals surface area contributed by atoms with Crippen molar-refractivity contribution in [2.45, 2.75) is 19.1 Å². The van der Waals surface area contributed by atoms with E-state index >= 15 is 0 Å². The zero-order chi connectivity index (χ0) is 15.9. The van der Waals surface area contributed by atoms with Crippen molar-refractivity contribution in [2.24, 2.45) is 0 Å². The average Bonchev–Trinajstić information content (AvgIpc) is 2.80. The first-order valence-electron chi connectivity index (χ1n) is 6.49. The monoisotopic (exact) mass is 324 g/mol. The Morgan fingerprint density at radius 1 is 1.36 bits per heavy atom. The number of nitriles is 1. The molecule has 0 aliphatic carbocycles. The molecule has 0 saturated heterocycles. The molecule has 2 aromatic heterocycles. The smallest absolute Gasteiger partial charge is 0.389 e. The first-order chi connectivity index (χ1) is 10.4. The largest absolute Gasteiger partial charge is 0.433 e. The van der Waals surface area contributed by atoms with Crippen molar-refractivity contribution in [1.29, 1.82) is 5.26 Å². The number of thiophene rings is 1. The van der Waals surface area contributed by atoms with Crippen LogP contribution in [0.25, 0.3) is 0 Å². The van der Waals surface area contributed by atoms with Crippen LogP contribution in [0.15, 0.2) is 18.2 Å². The minimum absolute atomic E-state index is 0.283. The third kappa shape index (κ3) is 2.48. The van der Waals surface area contributed by atoms with Crippen molar-refractivity contribution >= 4 is 22.2 Å². The average molecular weight is 324 g/mol. The molecule has 0 spiro atoms. The van der Waals surface area contributed by atoms with Crippen LogP contribution < -0.4 is 10.6 Å². The summed E-state index contributed by atoms with van der Waals surface area (Å²) >= 11 is 1.31. The molecule has 1 aliphatic heterocycles. The van der Waals surface area contributed by atoms with E-state index in [1.54, 1.807) is 11.0 Å². The van der Waals surface area contributed by atoms with E-state index in [-0.39, 0.29) is 5.82 Å². The molecule has 0 atom stereocenters. The number of anilines is 2. The molecule has 3 heterocycles. The molecule has 0 saturated carbocycles. The van der Waals surface area contributed by atoms with Gasteiger partial charge in [0.2, 0.25) is 0 Å². The fourth-order valence-corrected chi connectivity index (χ4v) is 3.58. The highest BCUT2D eigenvalue weighted by molar-refractivity contribution is 7.16. The van der Waals surface area contributed by atoms with Gasteiger partial charge in [0.1, 0.15) is 22.6 Å². The molecular weight excluding hydrogens is 313 g/mol. The van der Waals surface area contributed by atoms with Gasteiger partial charge in [-0.05, 0) is 24.1 Å². The number of hydrogen-bond acceptors (Lipinski definition) is 5. The van der Waals surface area contributed by atoms with Gasteiger partial charge in [-0.25, -0.2) is 4.98 Å². The molecule has 114 valence electrons. The number of fused-ring (bicyclic) bond motifs is 1. The lowest BCUT2D eigenvalue weighted by atomic mass is 10.0. The Morgan fingerprint density at radius 2 is 2.14 bits per heavy atom. The molecule has 0 bridgehead atoms. The van der Waals surface area contributed by atoms with Crippen molar-refractivity contribution in [3.8, 4) is 6.07 Å². The summed E-state index contributed by atoms with van der Waals surface area (Å²) in [7, 11) is 0. The number of aromatic nitrogens is 1. The molecule has 1 aliphatic rings. The van der Waals surface area contributed by atoms with Gasteiger partial charge in [0.25, 0.3) is 0 Å². The molecule has 0 aromatic carbocycles. The van der Waals surface area contributed by atoms with Crippen LogP contribution in [0.3, 0.4) is 0 Å². The van der Waals surface area contributed by atoms with Crippen LogP contribution in [0.5, 0.6) is 0 Å². The van der Waals surface area contributed by atoms with Crippen LogP contribution in [-0.2, 0) is 19.1 Å². The normalized spacial score (nSPS) is 14.5. The van der Waals surface area contributed by atoms with Crippen LogP contribution >= 0.6 is 11.3 Å². The lowest BCUT2D eigenvalue weighted by Crippen LogP contribution is -2.30. The maximum Gasteiger partial charge on any atom is 0.433 e. The van der Waals surface area contributed by atoms with Crippen molar-refractivity contribution in [2.75, 3.05) is 17.2 Å². The first-order valence-corrected chi connectivity index (χ1v) is 7.31. The van der Waals surface area contributed by atoms with E-state index < -0.39 is 11.9 Å². The summed E-state index contributed by atoms with van der Waals surface area (Å²) < 4.78 is 38.2. The molecule has 22 heavy (non-hydrogen) atoms. The number of alkyl halides is 3. The summed E-state index contributed by atoms with van der Waals surface area (Å²) in [6, 6.07) is 5.95. The van der Waals surface area contributed by atoms with Gasteiger partial charge in [-0.15, -0.1) is 11.3 Å². The molecule has 2 N–H and O–H groups in total. The van der Waals surface area contributed by atoms with E-state index in [4.69, 9.17) is 11.0 Å². The lowest BCUT2D eigenvalue weighted by molar-refractivity contribution is -0.141. The van der Waals surface area contributed by atoms with Crippen LogP contribution in [0, 0.1) is 11.3 Å². The summed E-state index contributed by atoms with van der Waals surface area (Å²) in [5.74, 6) is 0.283. The maximum atomic E-state index is 12.7. The zero-order valence-electron chi connectivity index (χ0n) is 11.3. The van der Waals surface area contributed by atoms with Gasteiger partial charge in [-0.3, -0.25) is 0 Å². The molecule has 0 amide bonds. The summed E-state index contributed by atoms with van der Waals surface area (Å²) in [6.07, 6.45) is -3.89. The topological polar surface area (TPSA) is 65.9 Å². The van der Waals surface area contributed by atoms with Crippen LogP contribution in [0.4, 0.5) is 24.0 Å². The summed E-state index contributed by atoms with van der Waals surface area (Å²) in [4.78, 5) is 6.39. The van der Waals surface area contributed by atoms with E-state index in [1.807, 2.05) is 0 Å². The van der Waals surface area contributed by atoms with E-state index in [9.17, 15) is 13.2 Å². The van der Waals surface area contributed by atoms with E-state index in [2.05, 4.69) is 11.1 Å². The Labute approximate surface area is 128 Å². The molecule has 4 nitrogen and oxygen atoms in total. The van der Waals surface area contributed by atoms with Crippen molar-refractivity contribution < 1.29 is 13.2 Å². The Bertz CT molecular complexity index is 760.